The number of carbonyl (C=O) groups is 1. The molecule has 3 aromatic rings. The van der Waals surface area contributed by atoms with Crippen molar-refractivity contribution >= 4 is 12.1 Å². The molecule has 0 aliphatic carbocycles. The molecule has 0 saturated carbocycles. The largest absolute Gasteiger partial charge is 0.388 e. The Bertz CT molecular complexity index is 1350. The first kappa shape index (κ1) is 23.9. The van der Waals surface area contributed by atoms with E-state index < -0.39 is 5.60 Å². The van der Waals surface area contributed by atoms with E-state index in [9.17, 15) is 9.90 Å². The number of β-amino-alcohol motifs (C(OH)–C–C–N with tert-alkyl or cyclic N) is 1. The van der Waals surface area contributed by atoms with Crippen LogP contribution in [0.25, 0.3) is 12.0 Å². The van der Waals surface area contributed by atoms with Gasteiger partial charge in [-0.1, -0.05) is 36.4 Å². The van der Waals surface area contributed by atoms with E-state index in [1.807, 2.05) is 58.1 Å². The fourth-order valence-electron chi connectivity index (χ4n) is 6.00. The van der Waals surface area contributed by atoms with Gasteiger partial charge in [0.05, 0.1) is 5.60 Å². The molecule has 5 heterocycles. The third-order valence-electron chi connectivity index (χ3n) is 8.04. The molecule has 2 aromatic heterocycles. The highest BCUT2D eigenvalue weighted by Gasteiger charge is 2.39. The van der Waals surface area contributed by atoms with Crippen molar-refractivity contribution in [3.63, 3.8) is 0 Å². The van der Waals surface area contributed by atoms with E-state index in [2.05, 4.69) is 33.5 Å². The number of aromatic nitrogens is 2. The van der Waals surface area contributed by atoms with E-state index in [1.54, 1.807) is 6.20 Å². The molecule has 2 atom stereocenters. The van der Waals surface area contributed by atoms with Gasteiger partial charge in [0.1, 0.15) is 18.0 Å². The summed E-state index contributed by atoms with van der Waals surface area (Å²) in [6.45, 7) is 3.88. The van der Waals surface area contributed by atoms with Crippen molar-refractivity contribution in [2.75, 3.05) is 39.4 Å². The first-order chi connectivity index (χ1) is 18.1. The summed E-state index contributed by atoms with van der Waals surface area (Å²) in [6, 6.07) is 18.2. The van der Waals surface area contributed by atoms with E-state index in [1.165, 1.54) is 5.56 Å². The average molecular weight is 499 g/mol. The third kappa shape index (κ3) is 4.91. The molecule has 1 amide bonds. The van der Waals surface area contributed by atoms with Crippen LogP contribution < -0.4 is 16.0 Å². The number of rotatable bonds is 5. The minimum atomic E-state index is -0.837. The predicted octanol–water partition coefficient (Wildman–Crippen LogP) is 1.25. The number of hydrogen-bond acceptors (Lipinski definition) is 6. The van der Waals surface area contributed by atoms with Crippen LogP contribution in [-0.2, 0) is 4.79 Å². The Morgan fingerprint density at radius 3 is 2.68 bits per heavy atom. The van der Waals surface area contributed by atoms with Crippen LogP contribution in [0, 0.1) is 5.92 Å². The van der Waals surface area contributed by atoms with Crippen LogP contribution in [0.5, 0.6) is 0 Å². The minimum absolute atomic E-state index is 0.00867. The maximum absolute atomic E-state index is 13.6. The van der Waals surface area contributed by atoms with Crippen molar-refractivity contribution in [3.05, 3.63) is 83.3 Å². The van der Waals surface area contributed by atoms with Gasteiger partial charge in [-0.15, -0.1) is 0 Å². The lowest BCUT2D eigenvalue weighted by molar-refractivity contribution is -0.141. The summed E-state index contributed by atoms with van der Waals surface area (Å²) in [5.41, 5.74) is 1.27. The topological polar surface area (TPSA) is 86.0 Å². The molecule has 2 N–H and O–H groups in total. The minimum Gasteiger partial charge on any atom is -0.388 e. The van der Waals surface area contributed by atoms with Gasteiger partial charge >= 0.3 is 0 Å². The number of fused-ring (bicyclic) bond motifs is 1. The summed E-state index contributed by atoms with van der Waals surface area (Å²) in [5.74, 6) is 1.26. The third-order valence-corrected chi connectivity index (χ3v) is 8.04. The van der Waals surface area contributed by atoms with Gasteiger partial charge in [0.2, 0.25) is 5.91 Å². The SMILES string of the molecule is O=C([C@@H]1CCNC[C@H]1c1ccccc1)N1CCC(O)(CN2C=c3ccn(-c4ccccn4)c3=NC2)CC1. The van der Waals surface area contributed by atoms with E-state index in [0.29, 0.717) is 39.1 Å². The summed E-state index contributed by atoms with van der Waals surface area (Å²) in [7, 11) is 0. The number of nitrogens with one attached hydrogen (secondary N) is 1. The Kier molecular flexibility index (Phi) is 6.52. The second-order valence-electron chi connectivity index (χ2n) is 10.5. The average Bonchev–Trinajstić information content (AvgIpc) is 3.37. The van der Waals surface area contributed by atoms with Crippen molar-refractivity contribution in [3.8, 4) is 5.82 Å². The zero-order chi connectivity index (χ0) is 25.2. The Morgan fingerprint density at radius 1 is 1.08 bits per heavy atom. The lowest BCUT2D eigenvalue weighted by Crippen LogP contribution is -2.54. The van der Waals surface area contributed by atoms with Crippen molar-refractivity contribution in [2.24, 2.45) is 10.9 Å². The number of aliphatic hydroxyl groups is 1. The van der Waals surface area contributed by atoms with Crippen molar-refractivity contribution in [1.29, 1.82) is 0 Å². The van der Waals surface area contributed by atoms with Crippen LogP contribution in [0.4, 0.5) is 0 Å². The van der Waals surface area contributed by atoms with Crippen LogP contribution in [0.15, 0.2) is 72.0 Å². The number of pyridine rings is 1. The highest BCUT2D eigenvalue weighted by atomic mass is 16.3. The molecule has 1 aromatic carbocycles. The molecule has 0 radical (unpaired) electrons. The summed E-state index contributed by atoms with van der Waals surface area (Å²) >= 11 is 0. The van der Waals surface area contributed by atoms with Gasteiger partial charge in [0.15, 0.2) is 0 Å². The van der Waals surface area contributed by atoms with Gasteiger partial charge in [-0.2, -0.15) is 0 Å². The van der Waals surface area contributed by atoms with Crippen molar-refractivity contribution in [1.82, 2.24) is 24.7 Å². The van der Waals surface area contributed by atoms with Crippen LogP contribution in [-0.4, -0.2) is 75.4 Å². The molecule has 3 aliphatic heterocycles. The van der Waals surface area contributed by atoms with Crippen LogP contribution in [0.3, 0.4) is 0 Å². The Hall–Kier alpha value is -3.49. The first-order valence-corrected chi connectivity index (χ1v) is 13.3. The Labute approximate surface area is 217 Å². The molecule has 6 rings (SSSR count). The summed E-state index contributed by atoms with van der Waals surface area (Å²) in [4.78, 5) is 26.9. The normalized spacial score (nSPS) is 23.1. The molecule has 37 heavy (non-hydrogen) atoms. The highest BCUT2D eigenvalue weighted by molar-refractivity contribution is 5.80. The van der Waals surface area contributed by atoms with E-state index in [4.69, 9.17) is 4.99 Å². The van der Waals surface area contributed by atoms with Crippen LogP contribution >= 0.6 is 0 Å². The molecule has 192 valence electrons. The first-order valence-electron chi connectivity index (χ1n) is 13.3. The molecule has 2 saturated heterocycles. The molecule has 0 bridgehead atoms. The summed E-state index contributed by atoms with van der Waals surface area (Å²) in [5, 5.41) is 15.9. The quantitative estimate of drug-likeness (QED) is 0.553. The lowest BCUT2D eigenvalue weighted by Gasteiger charge is -2.43. The molecular formula is C29H34N6O2. The number of hydrogen-bond donors (Lipinski definition) is 2. The van der Waals surface area contributed by atoms with E-state index in [-0.39, 0.29) is 17.7 Å². The number of piperidine rings is 2. The molecule has 0 spiro atoms. The maximum Gasteiger partial charge on any atom is 0.226 e. The fraction of sp³-hybridized carbons (Fsp3) is 0.414. The number of benzene rings is 1. The molecule has 2 fully saturated rings. The van der Waals surface area contributed by atoms with Crippen LogP contribution in [0.1, 0.15) is 30.7 Å². The second-order valence-corrected chi connectivity index (χ2v) is 10.5. The van der Waals surface area contributed by atoms with Gasteiger partial charge in [0.25, 0.3) is 0 Å². The Morgan fingerprint density at radius 2 is 1.89 bits per heavy atom. The summed E-state index contributed by atoms with van der Waals surface area (Å²) < 4.78 is 1.99. The number of carbonyl (C=O) groups excluding carboxylic acids is 1. The Balaban J connectivity index is 1.10. The second kappa shape index (κ2) is 10.1. The number of amides is 1. The zero-order valence-corrected chi connectivity index (χ0v) is 21.0. The van der Waals surface area contributed by atoms with Crippen LogP contribution in [0.2, 0.25) is 0 Å². The highest BCUT2D eigenvalue weighted by Crippen LogP contribution is 2.33. The van der Waals surface area contributed by atoms with E-state index in [0.717, 1.165) is 36.0 Å². The molecule has 8 nitrogen and oxygen atoms in total. The molecule has 3 aliphatic rings. The fourth-order valence-corrected chi connectivity index (χ4v) is 6.00. The number of nitrogens with zero attached hydrogens (tertiary/aromatic N) is 5. The standard InChI is InChI=1S/C29H34N6O2/c36-28(24-9-14-30-18-25(24)22-6-2-1-3-7-22)34-16-11-29(37,12-17-34)20-33-19-23-10-15-35(27(23)32-21-33)26-8-4-5-13-31-26/h1-8,10,13,15,19,24-25,30,37H,9,11-12,14,16-18,20-21H2/t24-,25+/m1/s1. The number of likely N-dealkylation sites (tertiary alicyclic amines) is 1. The van der Waals surface area contributed by atoms with Gasteiger partial charge in [0, 0.05) is 61.8 Å². The van der Waals surface area contributed by atoms with Gasteiger partial charge in [-0.25, -0.2) is 9.98 Å². The monoisotopic (exact) mass is 498 g/mol. The predicted molar refractivity (Wildman–Crippen MR) is 141 cm³/mol. The smallest absolute Gasteiger partial charge is 0.226 e. The van der Waals surface area contributed by atoms with Crippen molar-refractivity contribution in [2.45, 2.75) is 30.8 Å². The van der Waals surface area contributed by atoms with Gasteiger partial charge < -0.3 is 20.2 Å². The molecule has 8 heteroatoms. The van der Waals surface area contributed by atoms with Crippen molar-refractivity contribution < 1.29 is 9.90 Å². The van der Waals surface area contributed by atoms with Gasteiger partial charge in [-0.3, -0.25) is 9.36 Å². The molecular weight excluding hydrogens is 464 g/mol. The summed E-state index contributed by atoms with van der Waals surface area (Å²) in [6.07, 6.45) is 7.84. The zero-order valence-electron chi connectivity index (χ0n) is 21.0. The van der Waals surface area contributed by atoms with Gasteiger partial charge in [-0.05, 0) is 49.6 Å². The molecule has 0 unspecified atom stereocenters. The lowest BCUT2D eigenvalue weighted by atomic mass is 9.80. The maximum atomic E-state index is 13.6. The van der Waals surface area contributed by atoms with E-state index >= 15 is 0 Å².